The molecule has 1 aliphatic heterocycles. The number of nitrogens with zero attached hydrogens (tertiary/aromatic N) is 2. The number of hydrogen-bond acceptors (Lipinski definition) is 4. The summed E-state index contributed by atoms with van der Waals surface area (Å²) in [5.41, 5.74) is 9.74. The largest absolute Gasteiger partial charge is 0.386 e. The SMILES string of the molecule is CC1(C)[C@@H](C(N)=O)C(N)=NC(=O)[C@@H]1C#N. The summed E-state index contributed by atoms with van der Waals surface area (Å²) in [6.07, 6.45) is 0. The topological polar surface area (TPSA) is 122 Å². The molecular formula is C9H12N4O2. The predicted molar refractivity (Wildman–Crippen MR) is 52.2 cm³/mol. The Balaban J connectivity index is 3.31. The van der Waals surface area contributed by atoms with Gasteiger partial charge in [0, 0.05) is 5.41 Å². The van der Waals surface area contributed by atoms with Gasteiger partial charge in [-0.3, -0.25) is 9.59 Å². The minimum Gasteiger partial charge on any atom is -0.386 e. The van der Waals surface area contributed by atoms with Gasteiger partial charge in [-0.25, -0.2) is 0 Å². The minimum atomic E-state index is -0.984. The molecule has 80 valence electrons. The molecule has 1 aliphatic rings. The summed E-state index contributed by atoms with van der Waals surface area (Å²) in [7, 11) is 0. The van der Waals surface area contributed by atoms with Crippen molar-refractivity contribution in [2.45, 2.75) is 13.8 Å². The molecule has 1 rings (SSSR count). The molecule has 0 aliphatic carbocycles. The number of nitrogens with two attached hydrogens (primary N) is 2. The third-order valence-corrected chi connectivity index (χ3v) is 2.68. The van der Waals surface area contributed by atoms with E-state index in [9.17, 15) is 9.59 Å². The van der Waals surface area contributed by atoms with E-state index < -0.39 is 29.1 Å². The van der Waals surface area contributed by atoms with Crippen LogP contribution in [-0.2, 0) is 9.59 Å². The van der Waals surface area contributed by atoms with Crippen molar-refractivity contribution in [3.8, 4) is 6.07 Å². The van der Waals surface area contributed by atoms with Crippen LogP contribution in [0, 0.1) is 28.6 Å². The van der Waals surface area contributed by atoms with E-state index in [2.05, 4.69) is 4.99 Å². The van der Waals surface area contributed by atoms with Crippen LogP contribution in [-0.4, -0.2) is 17.6 Å². The first kappa shape index (κ1) is 11.2. The number of primary amides is 1. The third-order valence-electron chi connectivity index (χ3n) is 2.68. The van der Waals surface area contributed by atoms with Gasteiger partial charge >= 0.3 is 0 Å². The fourth-order valence-electron chi connectivity index (χ4n) is 1.86. The van der Waals surface area contributed by atoms with Crippen LogP contribution in [0.25, 0.3) is 0 Å². The monoisotopic (exact) mass is 208 g/mol. The molecule has 0 radical (unpaired) electrons. The number of amides is 2. The Bertz CT molecular complexity index is 391. The minimum absolute atomic E-state index is 0.107. The quantitative estimate of drug-likeness (QED) is 0.582. The molecule has 6 nitrogen and oxygen atoms in total. The van der Waals surface area contributed by atoms with Crippen LogP contribution in [0.15, 0.2) is 4.99 Å². The van der Waals surface area contributed by atoms with E-state index in [-0.39, 0.29) is 5.84 Å². The highest BCUT2D eigenvalue weighted by atomic mass is 16.2. The van der Waals surface area contributed by atoms with Crippen molar-refractivity contribution in [3.05, 3.63) is 0 Å². The van der Waals surface area contributed by atoms with Crippen LogP contribution < -0.4 is 11.5 Å². The van der Waals surface area contributed by atoms with Gasteiger partial charge in [0.1, 0.15) is 17.7 Å². The van der Waals surface area contributed by atoms with Gasteiger partial charge < -0.3 is 11.5 Å². The number of aliphatic imine (C=N–C) groups is 1. The molecule has 6 heteroatoms. The number of carbonyl (C=O) groups excluding carboxylic acids is 2. The number of hydrogen-bond donors (Lipinski definition) is 2. The Hall–Kier alpha value is -1.90. The Morgan fingerprint density at radius 3 is 2.53 bits per heavy atom. The summed E-state index contributed by atoms with van der Waals surface area (Å²) < 4.78 is 0. The average Bonchev–Trinajstić information content (AvgIpc) is 2.00. The first-order chi connectivity index (χ1) is 6.82. The Kier molecular flexibility index (Phi) is 2.50. The second-order valence-electron chi connectivity index (χ2n) is 4.09. The number of carbonyl (C=O) groups is 2. The van der Waals surface area contributed by atoms with Crippen molar-refractivity contribution < 1.29 is 9.59 Å². The second-order valence-corrected chi connectivity index (χ2v) is 4.09. The first-order valence-corrected chi connectivity index (χ1v) is 4.39. The normalized spacial score (nSPS) is 29.1. The van der Waals surface area contributed by atoms with Crippen molar-refractivity contribution in [2.24, 2.45) is 33.7 Å². The zero-order valence-corrected chi connectivity index (χ0v) is 8.52. The van der Waals surface area contributed by atoms with Gasteiger partial charge in [0.05, 0.1) is 6.07 Å². The standard InChI is InChI=1S/C9H12N4O2/c1-9(2)4(3-10)8(15)13-6(11)5(9)7(12)14/h4-5H,1-2H3,(H2,12,14)(H2,11,13,15)/t4-,5+/m0/s1. The molecule has 0 aromatic heterocycles. The molecule has 0 aromatic carbocycles. The Morgan fingerprint density at radius 2 is 2.13 bits per heavy atom. The molecule has 0 aromatic rings. The van der Waals surface area contributed by atoms with E-state index in [1.54, 1.807) is 13.8 Å². The lowest BCUT2D eigenvalue weighted by Crippen LogP contribution is -2.52. The summed E-state index contributed by atoms with van der Waals surface area (Å²) in [5.74, 6) is -3.25. The molecule has 15 heavy (non-hydrogen) atoms. The van der Waals surface area contributed by atoms with Crippen LogP contribution in [0.5, 0.6) is 0 Å². The van der Waals surface area contributed by atoms with Crippen LogP contribution in [0.4, 0.5) is 0 Å². The van der Waals surface area contributed by atoms with Gasteiger partial charge in [0.15, 0.2) is 0 Å². The lowest BCUT2D eigenvalue weighted by Gasteiger charge is -2.36. The molecule has 4 N–H and O–H groups in total. The summed E-state index contributed by atoms with van der Waals surface area (Å²) in [5, 5.41) is 8.85. The molecule has 1 heterocycles. The summed E-state index contributed by atoms with van der Waals surface area (Å²) in [6.45, 7) is 3.21. The van der Waals surface area contributed by atoms with Gasteiger partial charge in [-0.15, -0.1) is 0 Å². The van der Waals surface area contributed by atoms with E-state index >= 15 is 0 Å². The fraction of sp³-hybridized carbons (Fsp3) is 0.556. The maximum absolute atomic E-state index is 11.4. The Labute approximate surface area is 86.9 Å². The third kappa shape index (κ3) is 1.56. The lowest BCUT2D eigenvalue weighted by atomic mass is 9.67. The van der Waals surface area contributed by atoms with Crippen molar-refractivity contribution in [1.29, 1.82) is 5.26 Å². The summed E-state index contributed by atoms with van der Waals surface area (Å²) in [6, 6.07) is 1.83. The average molecular weight is 208 g/mol. The second kappa shape index (κ2) is 3.35. The number of rotatable bonds is 1. The fourth-order valence-corrected chi connectivity index (χ4v) is 1.86. The van der Waals surface area contributed by atoms with Gasteiger partial charge in [0.2, 0.25) is 5.91 Å². The van der Waals surface area contributed by atoms with Crippen LogP contribution in [0.1, 0.15) is 13.8 Å². The zero-order valence-electron chi connectivity index (χ0n) is 8.52. The number of amidine groups is 1. The van der Waals surface area contributed by atoms with Crippen molar-refractivity contribution >= 4 is 17.6 Å². The molecule has 0 saturated heterocycles. The molecule has 0 saturated carbocycles. The van der Waals surface area contributed by atoms with Crippen molar-refractivity contribution in [3.63, 3.8) is 0 Å². The van der Waals surface area contributed by atoms with Crippen molar-refractivity contribution in [2.75, 3.05) is 0 Å². The predicted octanol–water partition coefficient (Wildman–Crippen LogP) is -0.849. The Morgan fingerprint density at radius 1 is 1.60 bits per heavy atom. The van der Waals surface area contributed by atoms with E-state index in [1.807, 2.05) is 6.07 Å². The highest BCUT2D eigenvalue weighted by molar-refractivity contribution is 6.09. The van der Waals surface area contributed by atoms with E-state index in [4.69, 9.17) is 16.7 Å². The van der Waals surface area contributed by atoms with Crippen LogP contribution >= 0.6 is 0 Å². The van der Waals surface area contributed by atoms with Gasteiger partial charge in [0.25, 0.3) is 5.91 Å². The van der Waals surface area contributed by atoms with Gasteiger partial charge in [-0.2, -0.15) is 10.3 Å². The molecule has 0 spiro atoms. The van der Waals surface area contributed by atoms with E-state index in [1.165, 1.54) is 0 Å². The lowest BCUT2D eigenvalue weighted by molar-refractivity contribution is -0.129. The van der Waals surface area contributed by atoms with E-state index in [0.717, 1.165) is 0 Å². The van der Waals surface area contributed by atoms with Crippen LogP contribution in [0.3, 0.4) is 0 Å². The highest BCUT2D eigenvalue weighted by Gasteiger charge is 2.49. The van der Waals surface area contributed by atoms with Gasteiger partial charge in [-0.1, -0.05) is 13.8 Å². The maximum Gasteiger partial charge on any atom is 0.265 e. The molecule has 0 fully saturated rings. The van der Waals surface area contributed by atoms with E-state index in [0.29, 0.717) is 0 Å². The van der Waals surface area contributed by atoms with Crippen molar-refractivity contribution in [1.82, 2.24) is 0 Å². The zero-order chi connectivity index (χ0) is 11.8. The molecular weight excluding hydrogens is 196 g/mol. The molecule has 0 unspecified atom stereocenters. The number of nitriles is 1. The summed E-state index contributed by atoms with van der Waals surface area (Å²) >= 11 is 0. The van der Waals surface area contributed by atoms with Crippen LogP contribution in [0.2, 0.25) is 0 Å². The smallest absolute Gasteiger partial charge is 0.265 e. The van der Waals surface area contributed by atoms with Gasteiger partial charge in [-0.05, 0) is 0 Å². The first-order valence-electron chi connectivity index (χ1n) is 4.39. The molecule has 2 atom stereocenters. The highest BCUT2D eigenvalue weighted by Crippen LogP contribution is 2.38. The maximum atomic E-state index is 11.4. The molecule has 2 amide bonds. The summed E-state index contributed by atoms with van der Waals surface area (Å²) in [4.78, 5) is 26.0. The molecule has 0 bridgehead atoms.